The molecule has 72 valence electrons. The molecule has 0 saturated carbocycles. The summed E-state index contributed by atoms with van der Waals surface area (Å²) in [6, 6.07) is 0. The molecule has 0 atom stereocenters. The van der Waals surface area contributed by atoms with Gasteiger partial charge in [0.15, 0.2) is 0 Å². The Bertz CT molecular complexity index is 226. The summed E-state index contributed by atoms with van der Waals surface area (Å²) >= 11 is 0. The molecule has 1 N–H and O–H groups in total. The lowest BCUT2D eigenvalue weighted by Crippen LogP contribution is -2.20. The van der Waals surface area contributed by atoms with Crippen LogP contribution in [-0.4, -0.2) is 12.5 Å². The van der Waals surface area contributed by atoms with Gasteiger partial charge in [0, 0.05) is 13.5 Å². The molecule has 0 aliphatic rings. The molecule has 13 heavy (non-hydrogen) atoms. The molecule has 0 aromatic heterocycles. The Morgan fingerprint density at radius 3 is 2.69 bits per heavy atom. The van der Waals surface area contributed by atoms with Crippen LogP contribution in [0.15, 0.2) is 36.5 Å². The van der Waals surface area contributed by atoms with E-state index in [2.05, 4.69) is 11.9 Å². The highest BCUT2D eigenvalue weighted by molar-refractivity contribution is 5.72. The van der Waals surface area contributed by atoms with Gasteiger partial charge in [-0.05, 0) is 13.3 Å². The Hall–Kier alpha value is -1.31. The molecule has 1 amide bonds. The van der Waals surface area contributed by atoms with Crippen molar-refractivity contribution >= 4 is 5.91 Å². The van der Waals surface area contributed by atoms with Gasteiger partial charge in [-0.3, -0.25) is 4.79 Å². The summed E-state index contributed by atoms with van der Waals surface area (Å²) < 4.78 is 0. The highest BCUT2D eigenvalue weighted by atomic mass is 16.1. The molecular weight excluding hydrogens is 162 g/mol. The Morgan fingerprint density at radius 2 is 2.23 bits per heavy atom. The van der Waals surface area contributed by atoms with E-state index in [1.165, 1.54) is 12.5 Å². The fourth-order valence-corrected chi connectivity index (χ4v) is 0.898. The van der Waals surface area contributed by atoms with Gasteiger partial charge in [0.1, 0.15) is 0 Å². The van der Waals surface area contributed by atoms with Crippen LogP contribution in [0.25, 0.3) is 0 Å². The van der Waals surface area contributed by atoms with Crippen LogP contribution in [-0.2, 0) is 4.79 Å². The van der Waals surface area contributed by atoms with Crippen molar-refractivity contribution in [2.75, 3.05) is 6.54 Å². The fourth-order valence-electron chi connectivity index (χ4n) is 0.898. The number of carbonyl (C=O) groups excluding carboxylic acids is 1. The first kappa shape index (κ1) is 11.7. The predicted molar refractivity (Wildman–Crippen MR) is 56.4 cm³/mol. The normalized spacial score (nSPS) is 11.7. The molecule has 0 aliphatic heterocycles. The molecule has 0 radical (unpaired) electrons. The molecule has 2 heteroatoms. The Morgan fingerprint density at radius 1 is 1.54 bits per heavy atom. The van der Waals surface area contributed by atoms with Crippen molar-refractivity contribution in [3.05, 3.63) is 36.5 Å². The second-order valence-electron chi connectivity index (χ2n) is 2.69. The number of hydrogen-bond donors (Lipinski definition) is 1. The van der Waals surface area contributed by atoms with Crippen molar-refractivity contribution in [2.24, 2.45) is 0 Å². The minimum absolute atomic E-state index is 0.0168. The molecule has 0 fully saturated rings. The number of carbonyl (C=O) groups is 1. The molecule has 0 spiro atoms. The first-order chi connectivity index (χ1) is 6.20. The van der Waals surface area contributed by atoms with Crippen molar-refractivity contribution in [1.29, 1.82) is 0 Å². The van der Waals surface area contributed by atoms with Crippen LogP contribution in [0, 0.1) is 0 Å². The monoisotopic (exact) mass is 179 g/mol. The average Bonchev–Trinajstić information content (AvgIpc) is 2.10. The summed E-state index contributed by atoms with van der Waals surface area (Å²) in [6.07, 6.45) is 8.52. The minimum Gasteiger partial charge on any atom is -0.356 e. The van der Waals surface area contributed by atoms with E-state index in [-0.39, 0.29) is 5.91 Å². The minimum atomic E-state index is 0.0168. The van der Waals surface area contributed by atoms with Gasteiger partial charge in [0.25, 0.3) is 0 Å². The van der Waals surface area contributed by atoms with E-state index in [0.29, 0.717) is 6.54 Å². The summed E-state index contributed by atoms with van der Waals surface area (Å²) in [5.74, 6) is 0.0168. The van der Waals surface area contributed by atoms with Gasteiger partial charge in [-0.1, -0.05) is 36.5 Å². The third-order valence-corrected chi connectivity index (χ3v) is 1.60. The maximum absolute atomic E-state index is 10.6. The van der Waals surface area contributed by atoms with Crippen LogP contribution in [0.3, 0.4) is 0 Å². The summed E-state index contributed by atoms with van der Waals surface area (Å²) in [5.41, 5.74) is 1.20. The second-order valence-corrected chi connectivity index (χ2v) is 2.69. The van der Waals surface area contributed by atoms with E-state index in [1.807, 2.05) is 25.2 Å². The first-order valence-electron chi connectivity index (χ1n) is 4.39. The van der Waals surface area contributed by atoms with Crippen LogP contribution in [0.2, 0.25) is 0 Å². The molecule has 0 unspecified atom stereocenters. The molecule has 0 heterocycles. The van der Waals surface area contributed by atoms with E-state index in [9.17, 15) is 4.79 Å². The van der Waals surface area contributed by atoms with Crippen molar-refractivity contribution in [1.82, 2.24) is 5.32 Å². The molecule has 0 aromatic carbocycles. The molecule has 0 aromatic rings. The second kappa shape index (κ2) is 7.35. The van der Waals surface area contributed by atoms with E-state index in [4.69, 9.17) is 0 Å². The third-order valence-electron chi connectivity index (χ3n) is 1.60. The maximum atomic E-state index is 10.6. The zero-order valence-electron chi connectivity index (χ0n) is 8.34. The first-order valence-corrected chi connectivity index (χ1v) is 4.39. The van der Waals surface area contributed by atoms with Crippen molar-refractivity contribution in [2.45, 2.75) is 20.3 Å². The Balaban J connectivity index is 3.80. The quantitative estimate of drug-likeness (QED) is 0.644. The van der Waals surface area contributed by atoms with E-state index < -0.39 is 0 Å². The predicted octanol–water partition coefficient (Wildman–Crippen LogP) is 2.20. The number of hydrogen-bond acceptors (Lipinski definition) is 1. The smallest absolute Gasteiger partial charge is 0.216 e. The van der Waals surface area contributed by atoms with Crippen LogP contribution in [0.4, 0.5) is 0 Å². The number of amides is 1. The molecular formula is C11H17NO. The van der Waals surface area contributed by atoms with E-state index >= 15 is 0 Å². The molecule has 0 aliphatic carbocycles. The lowest BCUT2D eigenvalue weighted by atomic mass is 10.1. The topological polar surface area (TPSA) is 29.1 Å². The standard InChI is InChI=1S/C11H17NO/c1-4-6-7-11(5-2)8-9-12-10(3)13/h4-7H,1,8-9H2,2-3H3,(H,12,13)/b7-6-,11-5+. The molecule has 2 nitrogen and oxygen atoms in total. The van der Waals surface area contributed by atoms with Crippen LogP contribution in [0.1, 0.15) is 20.3 Å². The maximum Gasteiger partial charge on any atom is 0.216 e. The van der Waals surface area contributed by atoms with Gasteiger partial charge >= 0.3 is 0 Å². The fraction of sp³-hybridized carbons (Fsp3) is 0.364. The molecule has 0 rings (SSSR count). The van der Waals surface area contributed by atoms with Gasteiger partial charge < -0.3 is 5.32 Å². The summed E-state index contributed by atoms with van der Waals surface area (Å²) in [5, 5.41) is 2.75. The molecule has 0 saturated heterocycles. The van der Waals surface area contributed by atoms with Crippen LogP contribution >= 0.6 is 0 Å². The molecule has 0 bridgehead atoms. The highest BCUT2D eigenvalue weighted by Crippen LogP contribution is 2.01. The van der Waals surface area contributed by atoms with Crippen LogP contribution in [0.5, 0.6) is 0 Å². The highest BCUT2D eigenvalue weighted by Gasteiger charge is 1.92. The Labute approximate surface area is 80.0 Å². The van der Waals surface area contributed by atoms with Gasteiger partial charge in [-0.25, -0.2) is 0 Å². The summed E-state index contributed by atoms with van der Waals surface area (Å²) in [6.45, 7) is 7.79. The third kappa shape index (κ3) is 7.06. The largest absolute Gasteiger partial charge is 0.356 e. The zero-order chi connectivity index (χ0) is 10.1. The van der Waals surface area contributed by atoms with Gasteiger partial charge in [-0.15, -0.1) is 0 Å². The number of rotatable bonds is 5. The zero-order valence-corrected chi connectivity index (χ0v) is 8.34. The Kier molecular flexibility index (Phi) is 6.60. The SMILES string of the molecule is C=C/C=C\C(=C/C)CCNC(C)=O. The van der Waals surface area contributed by atoms with Crippen molar-refractivity contribution in [3.8, 4) is 0 Å². The van der Waals surface area contributed by atoms with E-state index in [0.717, 1.165) is 6.42 Å². The number of nitrogens with one attached hydrogen (secondary N) is 1. The van der Waals surface area contributed by atoms with Gasteiger partial charge in [0.05, 0.1) is 0 Å². The van der Waals surface area contributed by atoms with Crippen molar-refractivity contribution in [3.63, 3.8) is 0 Å². The summed E-state index contributed by atoms with van der Waals surface area (Å²) in [7, 11) is 0. The van der Waals surface area contributed by atoms with E-state index in [1.54, 1.807) is 6.08 Å². The average molecular weight is 179 g/mol. The lowest BCUT2D eigenvalue weighted by molar-refractivity contribution is -0.118. The van der Waals surface area contributed by atoms with Crippen molar-refractivity contribution < 1.29 is 4.79 Å². The lowest BCUT2D eigenvalue weighted by Gasteiger charge is -2.02. The van der Waals surface area contributed by atoms with Gasteiger partial charge in [-0.2, -0.15) is 0 Å². The van der Waals surface area contributed by atoms with Crippen LogP contribution < -0.4 is 5.32 Å². The van der Waals surface area contributed by atoms with Gasteiger partial charge in [0.2, 0.25) is 5.91 Å². The number of allylic oxidation sites excluding steroid dienone is 4. The summed E-state index contributed by atoms with van der Waals surface area (Å²) in [4.78, 5) is 10.6.